The van der Waals surface area contributed by atoms with E-state index < -0.39 is 23.0 Å². The Morgan fingerprint density at radius 3 is 2.24 bits per heavy atom. The van der Waals surface area contributed by atoms with Crippen LogP contribution in [0.2, 0.25) is 0 Å². The highest BCUT2D eigenvalue weighted by Gasteiger charge is 2.72. The van der Waals surface area contributed by atoms with Crippen molar-refractivity contribution in [1.82, 2.24) is 0 Å². The second-order valence-corrected chi connectivity index (χ2v) is 5.13. The summed E-state index contributed by atoms with van der Waals surface area (Å²) in [6, 6.07) is 0. The van der Waals surface area contributed by atoms with Crippen LogP contribution in [0.5, 0.6) is 0 Å². The van der Waals surface area contributed by atoms with E-state index in [-0.39, 0.29) is 12.2 Å². The Bertz CT molecular complexity index is 371. The molecule has 0 unspecified atom stereocenters. The Morgan fingerprint density at radius 2 is 1.82 bits per heavy atom. The predicted octanol–water partition coefficient (Wildman–Crippen LogP) is 0.121. The van der Waals surface area contributed by atoms with Crippen LogP contribution >= 0.6 is 0 Å². The molecule has 6 heteroatoms. The lowest BCUT2D eigenvalue weighted by Crippen LogP contribution is -2.45. The molecule has 2 aliphatic rings. The largest absolute Gasteiger partial charge is 0.361 e. The number of aldehydes is 1. The maximum absolute atomic E-state index is 11.5. The summed E-state index contributed by atoms with van der Waals surface area (Å²) < 4.78 is 16.1. The molecule has 2 rings (SSSR count). The van der Waals surface area contributed by atoms with Crippen LogP contribution in [0.25, 0.3) is 0 Å². The van der Waals surface area contributed by atoms with E-state index in [1.165, 1.54) is 20.8 Å². The summed E-state index contributed by atoms with van der Waals surface area (Å²) >= 11 is 0. The zero-order valence-corrected chi connectivity index (χ0v) is 10.3. The SMILES string of the molecule is CC(=O)[C@]1(C)C[C@@]2(O)O[C@](C)(C=O)O[C@@]2(C)O1. The summed E-state index contributed by atoms with van der Waals surface area (Å²) in [5, 5.41) is 10.4. The number of hydrogen-bond donors (Lipinski definition) is 1. The summed E-state index contributed by atoms with van der Waals surface area (Å²) in [7, 11) is 0. The third kappa shape index (κ3) is 1.55. The van der Waals surface area contributed by atoms with Crippen molar-refractivity contribution in [3.05, 3.63) is 0 Å². The number of hydrogen-bond acceptors (Lipinski definition) is 6. The molecule has 6 nitrogen and oxygen atoms in total. The number of carbonyl (C=O) groups is 2. The van der Waals surface area contributed by atoms with E-state index in [2.05, 4.69) is 0 Å². The fourth-order valence-electron chi connectivity index (χ4n) is 2.38. The van der Waals surface area contributed by atoms with Crippen molar-refractivity contribution in [2.75, 3.05) is 0 Å². The van der Waals surface area contributed by atoms with E-state index >= 15 is 0 Å². The van der Waals surface area contributed by atoms with Crippen molar-refractivity contribution in [3.63, 3.8) is 0 Å². The van der Waals surface area contributed by atoms with Gasteiger partial charge in [-0.15, -0.1) is 0 Å². The van der Waals surface area contributed by atoms with Gasteiger partial charge in [0.15, 0.2) is 12.1 Å². The molecular formula is C11H16O6. The van der Waals surface area contributed by atoms with E-state index in [1.807, 2.05) is 0 Å². The van der Waals surface area contributed by atoms with Gasteiger partial charge < -0.3 is 19.3 Å². The molecule has 0 bridgehead atoms. The Morgan fingerprint density at radius 1 is 1.24 bits per heavy atom. The number of ether oxygens (including phenoxy) is 3. The van der Waals surface area contributed by atoms with Crippen molar-refractivity contribution in [2.45, 2.75) is 57.1 Å². The van der Waals surface area contributed by atoms with Gasteiger partial charge in [0.25, 0.3) is 0 Å². The molecule has 2 heterocycles. The van der Waals surface area contributed by atoms with Gasteiger partial charge in [-0.2, -0.15) is 0 Å². The van der Waals surface area contributed by atoms with Crippen LogP contribution in [0, 0.1) is 0 Å². The molecule has 0 aromatic carbocycles. The molecule has 0 aromatic rings. The summed E-state index contributed by atoms with van der Waals surface area (Å²) in [5.74, 6) is -5.12. The summed E-state index contributed by atoms with van der Waals surface area (Å²) in [6.07, 6.45) is 0.373. The highest BCUT2D eigenvalue weighted by Crippen LogP contribution is 2.54. The van der Waals surface area contributed by atoms with Crippen molar-refractivity contribution in [2.24, 2.45) is 0 Å². The smallest absolute Gasteiger partial charge is 0.228 e. The molecule has 2 fully saturated rings. The number of ketones is 1. The van der Waals surface area contributed by atoms with E-state index in [4.69, 9.17) is 14.2 Å². The van der Waals surface area contributed by atoms with Crippen molar-refractivity contribution < 1.29 is 28.9 Å². The molecule has 0 aliphatic carbocycles. The van der Waals surface area contributed by atoms with Gasteiger partial charge in [-0.1, -0.05) is 0 Å². The summed E-state index contributed by atoms with van der Waals surface area (Å²) in [5.41, 5.74) is -1.17. The van der Waals surface area contributed by atoms with Gasteiger partial charge >= 0.3 is 0 Å². The highest BCUT2D eigenvalue weighted by atomic mass is 16.9. The van der Waals surface area contributed by atoms with Gasteiger partial charge in [-0.25, -0.2) is 0 Å². The molecule has 17 heavy (non-hydrogen) atoms. The third-order valence-electron chi connectivity index (χ3n) is 3.43. The maximum Gasteiger partial charge on any atom is 0.228 e. The van der Waals surface area contributed by atoms with Gasteiger partial charge in [0, 0.05) is 6.42 Å². The van der Waals surface area contributed by atoms with E-state index in [0.29, 0.717) is 6.29 Å². The normalized spacial score (nSPS) is 53.5. The Hall–Kier alpha value is -0.820. The Kier molecular flexibility index (Phi) is 2.33. The first-order valence-electron chi connectivity index (χ1n) is 5.38. The molecule has 2 saturated heterocycles. The lowest BCUT2D eigenvalue weighted by molar-refractivity contribution is -0.270. The molecule has 0 amide bonds. The Labute approximate surface area is 98.8 Å². The van der Waals surface area contributed by atoms with E-state index in [9.17, 15) is 14.7 Å². The number of rotatable bonds is 2. The summed E-state index contributed by atoms with van der Waals surface area (Å²) in [6.45, 7) is 5.76. The van der Waals surface area contributed by atoms with Gasteiger partial charge in [0.1, 0.15) is 5.60 Å². The number of aliphatic hydroxyl groups is 1. The molecule has 0 saturated carbocycles. The van der Waals surface area contributed by atoms with Gasteiger partial charge in [-0.05, 0) is 27.7 Å². The minimum Gasteiger partial charge on any atom is -0.361 e. The highest BCUT2D eigenvalue weighted by molar-refractivity contribution is 5.85. The number of Topliss-reactive ketones (excluding diaryl/α,β-unsaturated/α-hetero) is 1. The fourth-order valence-corrected chi connectivity index (χ4v) is 2.38. The first-order chi connectivity index (χ1) is 7.58. The monoisotopic (exact) mass is 244 g/mol. The van der Waals surface area contributed by atoms with Crippen LogP contribution in [0.3, 0.4) is 0 Å². The van der Waals surface area contributed by atoms with Crippen LogP contribution in [0.4, 0.5) is 0 Å². The second-order valence-electron chi connectivity index (χ2n) is 5.13. The zero-order valence-electron chi connectivity index (χ0n) is 10.3. The molecule has 96 valence electrons. The standard InChI is InChI=1S/C11H16O6/c1-7(13)8(2)5-11(14)10(4,15-8)16-9(3,6-12)17-11/h6,14H,5H2,1-4H3/t8-,9+,10+,11+/m0/s1. The van der Waals surface area contributed by atoms with Crippen LogP contribution < -0.4 is 0 Å². The lowest BCUT2D eigenvalue weighted by Gasteiger charge is -2.28. The van der Waals surface area contributed by atoms with Crippen LogP contribution in [-0.2, 0) is 23.8 Å². The quantitative estimate of drug-likeness (QED) is 0.695. The van der Waals surface area contributed by atoms with Crippen LogP contribution in [-0.4, -0.2) is 40.1 Å². The molecular weight excluding hydrogens is 228 g/mol. The number of carbonyl (C=O) groups excluding carboxylic acids is 2. The maximum atomic E-state index is 11.5. The topological polar surface area (TPSA) is 82.1 Å². The van der Waals surface area contributed by atoms with Gasteiger partial charge in [0.05, 0.1) is 0 Å². The molecule has 0 aromatic heterocycles. The van der Waals surface area contributed by atoms with Crippen molar-refractivity contribution in [1.29, 1.82) is 0 Å². The van der Waals surface area contributed by atoms with E-state index in [1.54, 1.807) is 6.92 Å². The fraction of sp³-hybridized carbons (Fsp3) is 0.818. The van der Waals surface area contributed by atoms with E-state index in [0.717, 1.165) is 0 Å². The number of fused-ring (bicyclic) bond motifs is 1. The molecule has 1 N–H and O–H groups in total. The molecule has 2 aliphatic heterocycles. The van der Waals surface area contributed by atoms with Crippen molar-refractivity contribution in [3.8, 4) is 0 Å². The molecule has 0 spiro atoms. The lowest BCUT2D eigenvalue weighted by atomic mass is 9.94. The van der Waals surface area contributed by atoms with Gasteiger partial charge in [-0.3, -0.25) is 9.59 Å². The predicted molar refractivity (Wildman–Crippen MR) is 54.8 cm³/mol. The molecule has 4 atom stereocenters. The average molecular weight is 244 g/mol. The zero-order chi connectivity index (χ0) is 13.1. The second kappa shape index (κ2) is 3.14. The first kappa shape index (κ1) is 12.6. The average Bonchev–Trinajstić information content (AvgIpc) is 2.44. The summed E-state index contributed by atoms with van der Waals surface area (Å²) in [4.78, 5) is 22.4. The van der Waals surface area contributed by atoms with Crippen LogP contribution in [0.1, 0.15) is 34.1 Å². The third-order valence-corrected chi connectivity index (χ3v) is 3.43. The minimum atomic E-state index is -1.80. The minimum absolute atomic E-state index is 0.0741. The van der Waals surface area contributed by atoms with Gasteiger partial charge in [0.2, 0.25) is 17.4 Å². The first-order valence-corrected chi connectivity index (χ1v) is 5.38. The Balaban J connectivity index is 2.36. The van der Waals surface area contributed by atoms with Crippen molar-refractivity contribution >= 4 is 12.1 Å². The molecule has 0 radical (unpaired) electrons. The van der Waals surface area contributed by atoms with Crippen LogP contribution in [0.15, 0.2) is 0 Å².